The number of hydrogen-bond acceptors (Lipinski definition) is 5. The van der Waals surface area contributed by atoms with Crippen molar-refractivity contribution in [2.24, 2.45) is 5.92 Å². The van der Waals surface area contributed by atoms with Crippen molar-refractivity contribution in [3.63, 3.8) is 0 Å². The first kappa shape index (κ1) is 21.9. The molecule has 1 aromatic heterocycles. The Morgan fingerprint density at radius 2 is 2.13 bits per heavy atom. The van der Waals surface area contributed by atoms with Gasteiger partial charge in [-0.25, -0.2) is 4.39 Å². The average Bonchev–Trinajstić information content (AvgIpc) is 3.12. The van der Waals surface area contributed by atoms with Crippen molar-refractivity contribution in [2.75, 3.05) is 39.8 Å². The monoisotopic (exact) mass is 427 g/mol. The maximum atomic E-state index is 13.9. The van der Waals surface area contributed by atoms with E-state index in [0.29, 0.717) is 26.1 Å². The second-order valence-electron chi connectivity index (χ2n) is 8.59. The summed E-state index contributed by atoms with van der Waals surface area (Å²) in [5.74, 6) is -0.446. The molecular formula is C24H30FN3O3. The number of carbonyl (C=O) groups excluding carboxylic acids is 1. The summed E-state index contributed by atoms with van der Waals surface area (Å²) in [6.07, 6.45) is 3.86. The number of carbonyl (C=O) groups is 1. The number of rotatable bonds is 7. The molecule has 1 fully saturated rings. The highest BCUT2D eigenvalue weighted by Crippen LogP contribution is 2.44. The van der Waals surface area contributed by atoms with Crippen LogP contribution in [0.15, 0.2) is 42.6 Å². The average molecular weight is 428 g/mol. The number of ether oxygens (including phenoxy) is 1. The van der Waals surface area contributed by atoms with Gasteiger partial charge in [-0.1, -0.05) is 12.1 Å². The number of aliphatic hydroxyl groups is 1. The number of hydrogen-bond donors (Lipinski definition) is 1. The first-order chi connectivity index (χ1) is 15.0. The summed E-state index contributed by atoms with van der Waals surface area (Å²) in [6.45, 7) is 2.98. The lowest BCUT2D eigenvalue weighted by molar-refractivity contribution is -0.136. The fraction of sp³-hybridized carbons (Fsp3) is 0.500. The van der Waals surface area contributed by atoms with Crippen LogP contribution >= 0.6 is 0 Å². The Morgan fingerprint density at radius 1 is 1.32 bits per heavy atom. The Hall–Kier alpha value is -2.35. The lowest BCUT2D eigenvalue weighted by Gasteiger charge is -2.40. The molecule has 1 aromatic carbocycles. The van der Waals surface area contributed by atoms with Crippen LogP contribution in [0.2, 0.25) is 0 Å². The fourth-order valence-corrected chi connectivity index (χ4v) is 4.79. The van der Waals surface area contributed by atoms with Crippen LogP contribution in [0.5, 0.6) is 0 Å². The van der Waals surface area contributed by atoms with Crippen molar-refractivity contribution in [1.82, 2.24) is 14.8 Å². The molecule has 31 heavy (non-hydrogen) atoms. The maximum absolute atomic E-state index is 13.9. The first-order valence-corrected chi connectivity index (χ1v) is 10.9. The summed E-state index contributed by atoms with van der Waals surface area (Å²) in [5, 5.41) is 9.24. The molecule has 1 atom stereocenters. The zero-order chi connectivity index (χ0) is 21.8. The van der Waals surface area contributed by atoms with Gasteiger partial charge in [0.15, 0.2) is 0 Å². The largest absolute Gasteiger partial charge is 0.395 e. The Bertz CT molecular complexity index is 900. The molecule has 1 N–H and O–H groups in total. The number of pyridine rings is 1. The van der Waals surface area contributed by atoms with E-state index in [1.165, 1.54) is 6.07 Å². The molecule has 0 aliphatic carbocycles. The van der Waals surface area contributed by atoms with E-state index in [1.807, 2.05) is 24.3 Å². The van der Waals surface area contributed by atoms with Crippen LogP contribution in [0, 0.1) is 11.7 Å². The maximum Gasteiger partial charge on any atom is 0.227 e. The number of amides is 1. The summed E-state index contributed by atoms with van der Waals surface area (Å²) < 4.78 is 20.0. The molecule has 2 aliphatic heterocycles. The van der Waals surface area contributed by atoms with Gasteiger partial charge in [-0.15, -0.1) is 0 Å². The van der Waals surface area contributed by atoms with Crippen LogP contribution in [0.3, 0.4) is 0 Å². The van der Waals surface area contributed by atoms with Crippen LogP contribution in [0.1, 0.15) is 29.7 Å². The molecule has 1 unspecified atom stereocenters. The Labute approximate surface area is 182 Å². The highest BCUT2D eigenvalue weighted by Gasteiger charge is 2.43. The van der Waals surface area contributed by atoms with Gasteiger partial charge in [0.25, 0.3) is 0 Å². The van der Waals surface area contributed by atoms with Crippen molar-refractivity contribution in [1.29, 1.82) is 0 Å². The lowest BCUT2D eigenvalue weighted by atomic mass is 9.83. The number of piperidine rings is 1. The minimum Gasteiger partial charge on any atom is -0.395 e. The van der Waals surface area contributed by atoms with E-state index in [0.717, 1.165) is 42.8 Å². The van der Waals surface area contributed by atoms with E-state index in [9.17, 15) is 14.3 Å². The standard InChI is InChI=1S/C24H30FN3O3/c1-27(12-13-29)23(30)19(14-21-4-2-3-9-26-21)16-28-10-7-24(8-11-28)22-15-20(25)6-5-18(22)17-31-24/h2-6,9,15,19,29H,7-8,10-14,16-17H2,1H3. The number of aliphatic hydroxyl groups excluding tert-OH is 1. The van der Waals surface area contributed by atoms with Crippen molar-refractivity contribution in [2.45, 2.75) is 31.5 Å². The highest BCUT2D eigenvalue weighted by molar-refractivity contribution is 5.79. The number of likely N-dealkylation sites (tertiary alicyclic amines) is 1. The van der Waals surface area contributed by atoms with Crippen molar-refractivity contribution >= 4 is 5.91 Å². The number of aromatic nitrogens is 1. The van der Waals surface area contributed by atoms with Gasteiger partial charge in [0.2, 0.25) is 5.91 Å². The molecule has 1 saturated heterocycles. The number of nitrogens with zero attached hydrogens (tertiary/aromatic N) is 3. The summed E-state index contributed by atoms with van der Waals surface area (Å²) in [6, 6.07) is 10.7. The van der Waals surface area contributed by atoms with Crippen molar-refractivity contribution in [3.05, 3.63) is 65.2 Å². The smallest absolute Gasteiger partial charge is 0.227 e. The van der Waals surface area contributed by atoms with Gasteiger partial charge < -0.3 is 19.6 Å². The molecule has 6 nitrogen and oxygen atoms in total. The lowest BCUT2D eigenvalue weighted by Crippen LogP contribution is -2.47. The third-order valence-corrected chi connectivity index (χ3v) is 6.55. The second-order valence-corrected chi connectivity index (χ2v) is 8.59. The second kappa shape index (κ2) is 9.42. The summed E-state index contributed by atoms with van der Waals surface area (Å²) in [7, 11) is 1.73. The summed E-state index contributed by atoms with van der Waals surface area (Å²) in [4.78, 5) is 21.3. The summed E-state index contributed by atoms with van der Waals surface area (Å²) >= 11 is 0. The first-order valence-electron chi connectivity index (χ1n) is 10.9. The predicted octanol–water partition coefficient (Wildman–Crippen LogP) is 2.35. The van der Waals surface area contributed by atoms with E-state index in [2.05, 4.69) is 9.88 Å². The number of likely N-dealkylation sites (N-methyl/N-ethyl adjacent to an activating group) is 1. The molecular weight excluding hydrogens is 397 g/mol. The van der Waals surface area contributed by atoms with Gasteiger partial charge in [0.1, 0.15) is 5.82 Å². The minimum atomic E-state index is -0.415. The van der Waals surface area contributed by atoms with E-state index in [4.69, 9.17) is 4.74 Å². The van der Waals surface area contributed by atoms with Gasteiger partial charge in [-0.3, -0.25) is 9.78 Å². The highest BCUT2D eigenvalue weighted by atomic mass is 19.1. The van der Waals surface area contributed by atoms with E-state index >= 15 is 0 Å². The van der Waals surface area contributed by atoms with E-state index in [-0.39, 0.29) is 24.2 Å². The quantitative estimate of drug-likeness (QED) is 0.735. The SMILES string of the molecule is CN(CCO)C(=O)C(Cc1ccccn1)CN1CCC2(CC1)OCc1ccc(F)cc12. The number of fused-ring (bicyclic) bond motifs is 2. The van der Waals surface area contributed by atoms with Crippen LogP contribution in [-0.4, -0.2) is 65.6 Å². The number of benzene rings is 1. The molecule has 166 valence electrons. The number of halogens is 1. The third-order valence-electron chi connectivity index (χ3n) is 6.55. The minimum absolute atomic E-state index is 0.0181. The van der Waals surface area contributed by atoms with Crippen LogP contribution in [-0.2, 0) is 28.2 Å². The topological polar surface area (TPSA) is 65.9 Å². The van der Waals surface area contributed by atoms with Gasteiger partial charge in [0, 0.05) is 51.5 Å². The van der Waals surface area contributed by atoms with Crippen LogP contribution in [0.4, 0.5) is 4.39 Å². The molecule has 0 saturated carbocycles. The van der Waals surface area contributed by atoms with Crippen molar-refractivity contribution < 1.29 is 19.0 Å². The van der Waals surface area contributed by atoms with Gasteiger partial charge in [0.05, 0.1) is 24.7 Å². The van der Waals surface area contributed by atoms with Crippen LogP contribution in [0.25, 0.3) is 0 Å². The fourth-order valence-electron chi connectivity index (χ4n) is 4.79. The van der Waals surface area contributed by atoms with E-state index < -0.39 is 5.60 Å². The molecule has 1 amide bonds. The Balaban J connectivity index is 1.44. The zero-order valence-corrected chi connectivity index (χ0v) is 18.0. The Morgan fingerprint density at radius 3 is 2.84 bits per heavy atom. The zero-order valence-electron chi connectivity index (χ0n) is 18.0. The molecule has 0 radical (unpaired) electrons. The molecule has 1 spiro atoms. The molecule has 0 bridgehead atoms. The van der Waals surface area contributed by atoms with Crippen LogP contribution < -0.4 is 0 Å². The predicted molar refractivity (Wildman–Crippen MR) is 115 cm³/mol. The van der Waals surface area contributed by atoms with Gasteiger partial charge >= 0.3 is 0 Å². The third kappa shape index (κ3) is 4.79. The molecule has 2 aromatic rings. The summed E-state index contributed by atoms with van der Waals surface area (Å²) in [5.41, 5.74) is 2.53. The van der Waals surface area contributed by atoms with Gasteiger partial charge in [-0.05, 0) is 48.2 Å². The van der Waals surface area contributed by atoms with E-state index in [1.54, 1.807) is 24.2 Å². The molecule has 3 heterocycles. The van der Waals surface area contributed by atoms with Gasteiger partial charge in [-0.2, -0.15) is 0 Å². The molecule has 7 heteroatoms. The molecule has 2 aliphatic rings. The molecule has 4 rings (SSSR count). The van der Waals surface area contributed by atoms with Crippen molar-refractivity contribution in [3.8, 4) is 0 Å². The normalized spacial score (nSPS) is 18.7. The Kier molecular flexibility index (Phi) is 6.65.